The first-order chi connectivity index (χ1) is 9.13. The minimum absolute atomic E-state index is 0.0733. The number of carbonyl (C=O) groups is 1. The Balaban J connectivity index is 2.08. The summed E-state index contributed by atoms with van der Waals surface area (Å²) in [5, 5.41) is 4.36. The number of carbonyl (C=O) groups excluding carboxylic acids is 1. The molecule has 0 amide bonds. The van der Waals surface area contributed by atoms with Gasteiger partial charge in [-0.3, -0.25) is 4.79 Å². The molecule has 3 nitrogen and oxygen atoms in total. The van der Waals surface area contributed by atoms with Crippen LogP contribution >= 0.6 is 0 Å². The van der Waals surface area contributed by atoms with Gasteiger partial charge in [0.25, 0.3) is 0 Å². The number of rotatable bonds is 4. The predicted molar refractivity (Wildman–Crippen MR) is 76.5 cm³/mol. The van der Waals surface area contributed by atoms with Crippen molar-refractivity contribution in [3.05, 3.63) is 52.8 Å². The summed E-state index contributed by atoms with van der Waals surface area (Å²) in [6.07, 6.45) is 2.18. The highest BCUT2D eigenvalue weighted by Gasteiger charge is 2.14. The van der Waals surface area contributed by atoms with Crippen molar-refractivity contribution in [1.29, 1.82) is 0 Å². The largest absolute Gasteiger partial charge is 0.273 e. The number of benzene rings is 1. The van der Waals surface area contributed by atoms with Gasteiger partial charge in [-0.2, -0.15) is 5.10 Å². The molecule has 2 aromatic rings. The van der Waals surface area contributed by atoms with Crippen molar-refractivity contribution < 1.29 is 4.79 Å². The lowest BCUT2D eigenvalue weighted by Gasteiger charge is -2.04. The van der Waals surface area contributed by atoms with E-state index in [0.29, 0.717) is 6.42 Å². The maximum atomic E-state index is 12.2. The van der Waals surface area contributed by atoms with Gasteiger partial charge in [0.1, 0.15) is 0 Å². The van der Waals surface area contributed by atoms with Crippen LogP contribution in [0.2, 0.25) is 0 Å². The summed E-state index contributed by atoms with van der Waals surface area (Å²) in [6.45, 7) is 6.03. The molecule has 0 aliphatic carbocycles. The predicted octanol–water partition coefficient (Wildman–Crippen LogP) is 3.34. The van der Waals surface area contributed by atoms with Gasteiger partial charge < -0.3 is 0 Å². The minimum Gasteiger partial charge on any atom is -0.273 e. The first-order valence-corrected chi connectivity index (χ1v) is 6.75. The minimum atomic E-state index is 0.0733. The van der Waals surface area contributed by atoms with E-state index in [-0.39, 0.29) is 5.91 Å². The van der Waals surface area contributed by atoms with E-state index in [0.717, 1.165) is 24.2 Å². The summed E-state index contributed by atoms with van der Waals surface area (Å²) >= 11 is 0. The monoisotopic (exact) mass is 256 g/mol. The number of hydrogen-bond acceptors (Lipinski definition) is 2. The number of aryl methyl sites for hydroxylation is 2. The van der Waals surface area contributed by atoms with E-state index in [9.17, 15) is 4.79 Å². The summed E-state index contributed by atoms with van der Waals surface area (Å²) in [5.41, 5.74) is 4.33. The van der Waals surface area contributed by atoms with Crippen LogP contribution in [-0.2, 0) is 12.8 Å². The molecule has 0 fully saturated rings. The summed E-state index contributed by atoms with van der Waals surface area (Å²) < 4.78 is 1.57. The zero-order chi connectivity index (χ0) is 13.8. The SMILES string of the molecule is CCc1c(C)nn(C(=O)CCc2ccccc2)c1C. The number of nitrogens with zero attached hydrogens (tertiary/aromatic N) is 2. The Hall–Kier alpha value is -1.90. The Labute approximate surface area is 114 Å². The standard InChI is InChI=1S/C16H20N2O/c1-4-15-12(2)17-18(13(15)3)16(19)11-10-14-8-6-5-7-9-14/h5-9H,4,10-11H2,1-3H3. The zero-order valence-electron chi connectivity index (χ0n) is 11.8. The molecule has 0 aliphatic rings. The number of hydrogen-bond donors (Lipinski definition) is 0. The van der Waals surface area contributed by atoms with Crippen LogP contribution in [-0.4, -0.2) is 15.7 Å². The highest BCUT2D eigenvalue weighted by molar-refractivity contribution is 5.79. The molecule has 0 saturated carbocycles. The van der Waals surface area contributed by atoms with Gasteiger partial charge in [0, 0.05) is 12.1 Å². The van der Waals surface area contributed by atoms with Crippen molar-refractivity contribution in [3.63, 3.8) is 0 Å². The van der Waals surface area contributed by atoms with E-state index in [2.05, 4.69) is 12.0 Å². The Bertz CT molecular complexity index is 570. The van der Waals surface area contributed by atoms with Crippen molar-refractivity contribution >= 4 is 5.91 Å². The van der Waals surface area contributed by atoms with Gasteiger partial charge in [-0.15, -0.1) is 0 Å². The maximum absolute atomic E-state index is 12.2. The molecular weight excluding hydrogens is 236 g/mol. The van der Waals surface area contributed by atoms with Crippen LogP contribution < -0.4 is 0 Å². The summed E-state index contributed by atoms with van der Waals surface area (Å²) in [4.78, 5) is 12.2. The van der Waals surface area contributed by atoms with E-state index in [1.807, 2.05) is 44.2 Å². The van der Waals surface area contributed by atoms with Crippen molar-refractivity contribution in [2.75, 3.05) is 0 Å². The Morgan fingerprint density at radius 1 is 1.21 bits per heavy atom. The molecule has 0 N–H and O–H groups in total. The summed E-state index contributed by atoms with van der Waals surface area (Å²) in [7, 11) is 0. The van der Waals surface area contributed by atoms with E-state index in [1.54, 1.807) is 4.68 Å². The molecule has 0 saturated heterocycles. The maximum Gasteiger partial charge on any atom is 0.247 e. The third kappa shape index (κ3) is 2.92. The average Bonchev–Trinajstić information content (AvgIpc) is 2.72. The Kier molecular flexibility index (Phi) is 4.15. The quantitative estimate of drug-likeness (QED) is 0.841. The molecule has 1 aromatic heterocycles. The van der Waals surface area contributed by atoms with Crippen molar-refractivity contribution in [3.8, 4) is 0 Å². The van der Waals surface area contributed by atoms with Crippen LogP contribution in [0.15, 0.2) is 30.3 Å². The molecule has 3 heteroatoms. The van der Waals surface area contributed by atoms with Crippen LogP contribution in [0.4, 0.5) is 0 Å². The number of aromatic nitrogens is 2. The van der Waals surface area contributed by atoms with Crippen LogP contribution in [0.25, 0.3) is 0 Å². The van der Waals surface area contributed by atoms with Crippen LogP contribution in [0.1, 0.15) is 40.7 Å². The molecule has 0 atom stereocenters. The van der Waals surface area contributed by atoms with E-state index < -0.39 is 0 Å². The van der Waals surface area contributed by atoms with Crippen LogP contribution in [0, 0.1) is 13.8 Å². The fraction of sp³-hybridized carbons (Fsp3) is 0.375. The lowest BCUT2D eigenvalue weighted by molar-refractivity contribution is 0.0884. The molecule has 0 radical (unpaired) electrons. The first-order valence-electron chi connectivity index (χ1n) is 6.75. The fourth-order valence-electron chi connectivity index (χ4n) is 2.43. The third-order valence-electron chi connectivity index (χ3n) is 3.50. The normalized spacial score (nSPS) is 10.7. The summed E-state index contributed by atoms with van der Waals surface area (Å²) in [6, 6.07) is 10.1. The summed E-state index contributed by atoms with van der Waals surface area (Å²) in [5.74, 6) is 0.0733. The lowest BCUT2D eigenvalue weighted by atomic mass is 10.1. The van der Waals surface area contributed by atoms with Gasteiger partial charge in [0.2, 0.25) is 5.91 Å². The molecule has 1 heterocycles. The van der Waals surface area contributed by atoms with Gasteiger partial charge in [0.05, 0.1) is 5.69 Å². The van der Waals surface area contributed by atoms with Gasteiger partial charge >= 0.3 is 0 Å². The van der Waals surface area contributed by atoms with Gasteiger partial charge in [-0.05, 0) is 37.8 Å². The van der Waals surface area contributed by atoms with Gasteiger partial charge in [0.15, 0.2) is 0 Å². The molecule has 0 aliphatic heterocycles. The molecule has 0 unspecified atom stereocenters. The van der Waals surface area contributed by atoms with Crippen molar-refractivity contribution in [2.45, 2.75) is 40.0 Å². The van der Waals surface area contributed by atoms with Gasteiger partial charge in [-0.1, -0.05) is 37.3 Å². The lowest BCUT2D eigenvalue weighted by Crippen LogP contribution is -2.15. The second kappa shape index (κ2) is 5.83. The Morgan fingerprint density at radius 2 is 1.89 bits per heavy atom. The van der Waals surface area contributed by atoms with Crippen molar-refractivity contribution in [1.82, 2.24) is 9.78 Å². The van der Waals surface area contributed by atoms with E-state index in [4.69, 9.17) is 0 Å². The van der Waals surface area contributed by atoms with Crippen LogP contribution in [0.3, 0.4) is 0 Å². The second-order valence-electron chi connectivity index (χ2n) is 4.79. The molecular formula is C16H20N2O. The molecule has 0 spiro atoms. The van der Waals surface area contributed by atoms with Crippen molar-refractivity contribution in [2.24, 2.45) is 0 Å². The fourth-order valence-corrected chi connectivity index (χ4v) is 2.43. The third-order valence-corrected chi connectivity index (χ3v) is 3.50. The van der Waals surface area contributed by atoms with Crippen LogP contribution in [0.5, 0.6) is 0 Å². The molecule has 1 aromatic carbocycles. The highest BCUT2D eigenvalue weighted by Crippen LogP contribution is 2.14. The van der Waals surface area contributed by atoms with Gasteiger partial charge in [-0.25, -0.2) is 4.68 Å². The molecule has 2 rings (SSSR count). The highest BCUT2D eigenvalue weighted by atomic mass is 16.2. The zero-order valence-corrected chi connectivity index (χ0v) is 11.8. The van der Waals surface area contributed by atoms with E-state index in [1.165, 1.54) is 11.1 Å². The average molecular weight is 256 g/mol. The smallest absolute Gasteiger partial charge is 0.247 e. The topological polar surface area (TPSA) is 34.9 Å². The second-order valence-corrected chi connectivity index (χ2v) is 4.79. The molecule has 0 bridgehead atoms. The Morgan fingerprint density at radius 3 is 2.47 bits per heavy atom. The molecule has 19 heavy (non-hydrogen) atoms. The van der Waals surface area contributed by atoms with E-state index >= 15 is 0 Å². The molecule has 100 valence electrons. The first kappa shape index (κ1) is 13.5.